The van der Waals surface area contributed by atoms with E-state index in [1.807, 2.05) is 49.4 Å². The zero-order valence-corrected chi connectivity index (χ0v) is 21.1. The van der Waals surface area contributed by atoms with Crippen LogP contribution in [0.1, 0.15) is 62.4 Å². The molecule has 1 amide bonds. The summed E-state index contributed by atoms with van der Waals surface area (Å²) in [5, 5.41) is 2.96. The van der Waals surface area contributed by atoms with Gasteiger partial charge in [0.15, 0.2) is 11.9 Å². The Morgan fingerprint density at radius 3 is 2.56 bits per heavy atom. The molecule has 0 radical (unpaired) electrons. The Morgan fingerprint density at radius 1 is 1.00 bits per heavy atom. The molecule has 2 bridgehead atoms. The van der Waals surface area contributed by atoms with Crippen LogP contribution in [0, 0.1) is 23.7 Å². The Labute approximate surface area is 212 Å². The van der Waals surface area contributed by atoms with Crippen molar-refractivity contribution in [2.75, 3.05) is 0 Å². The molecule has 4 aliphatic heterocycles. The third-order valence-corrected chi connectivity index (χ3v) is 8.76. The Balaban J connectivity index is 1.16. The molecule has 5 fully saturated rings. The molecule has 1 spiro atoms. The lowest BCUT2D eigenvalue weighted by molar-refractivity contribution is -0.575. The van der Waals surface area contributed by atoms with Gasteiger partial charge in [-0.3, -0.25) is 4.79 Å². The second kappa shape index (κ2) is 9.14. The molecule has 5 aliphatic rings. The topological polar surface area (TPSA) is 75.3 Å². The van der Waals surface area contributed by atoms with Gasteiger partial charge in [-0.05, 0) is 67.9 Å². The molecule has 8 atom stereocenters. The number of nitrogens with one attached hydrogen (secondary N) is 1. The molecule has 2 aromatic rings. The number of carbonyl (C=O) groups is 1. The molecule has 4 saturated heterocycles. The van der Waals surface area contributed by atoms with Crippen LogP contribution in [-0.4, -0.2) is 29.9 Å². The summed E-state index contributed by atoms with van der Waals surface area (Å²) in [5.74, 6) is 0.855. The van der Waals surface area contributed by atoms with E-state index in [4.69, 9.17) is 24.0 Å². The van der Waals surface area contributed by atoms with Crippen LogP contribution in [0.2, 0.25) is 0 Å². The summed E-state index contributed by atoms with van der Waals surface area (Å²) in [6.07, 6.45) is 2.92. The monoisotopic (exact) mass is 493 g/mol. The van der Waals surface area contributed by atoms with Crippen LogP contribution >= 0.6 is 0 Å². The first-order valence-electron chi connectivity index (χ1n) is 13.2. The Hall–Kier alpha value is -2.45. The van der Waals surface area contributed by atoms with E-state index in [0.29, 0.717) is 29.7 Å². The minimum Gasteiger partial charge on any atom is -0.465 e. The molecule has 4 heterocycles. The number of carbonyl (C=O) groups excluding carboxylic acids is 1. The third-order valence-electron chi connectivity index (χ3n) is 8.76. The molecule has 36 heavy (non-hydrogen) atoms. The van der Waals surface area contributed by atoms with Crippen molar-refractivity contribution in [3.05, 3.63) is 65.7 Å². The van der Waals surface area contributed by atoms with Gasteiger partial charge >= 0.3 is 0 Å². The SMILES string of the molecule is C[C@@H]1CCC2[C@@H](C)[C@@H](Oc3ccc(C(=O)NCc4ccccc4)cc3)OC3O[C@]4(C)CCC1[C@]32OO4. The zero-order valence-electron chi connectivity index (χ0n) is 21.1. The summed E-state index contributed by atoms with van der Waals surface area (Å²) >= 11 is 0. The highest BCUT2D eigenvalue weighted by molar-refractivity contribution is 5.94. The van der Waals surface area contributed by atoms with Crippen molar-refractivity contribution in [1.82, 2.24) is 5.32 Å². The lowest BCUT2D eigenvalue weighted by atomic mass is 9.58. The number of fused-ring (bicyclic) bond motifs is 2. The largest absolute Gasteiger partial charge is 0.465 e. The van der Waals surface area contributed by atoms with Crippen molar-refractivity contribution in [3.8, 4) is 5.75 Å². The normalized spacial score (nSPS) is 39.1. The fourth-order valence-electron chi connectivity index (χ4n) is 6.71. The minimum absolute atomic E-state index is 0.0831. The van der Waals surface area contributed by atoms with Gasteiger partial charge in [-0.2, -0.15) is 0 Å². The summed E-state index contributed by atoms with van der Waals surface area (Å²) in [5.41, 5.74) is 1.04. The zero-order chi connectivity index (χ0) is 24.9. The van der Waals surface area contributed by atoms with Crippen LogP contribution < -0.4 is 10.1 Å². The molecule has 1 aliphatic carbocycles. The van der Waals surface area contributed by atoms with Crippen molar-refractivity contribution < 1.29 is 28.8 Å². The lowest BCUT2D eigenvalue weighted by Gasteiger charge is -2.60. The van der Waals surface area contributed by atoms with E-state index in [1.165, 1.54) is 0 Å². The van der Waals surface area contributed by atoms with Gasteiger partial charge in [0.25, 0.3) is 5.91 Å². The molecule has 7 rings (SSSR count). The maximum atomic E-state index is 12.6. The van der Waals surface area contributed by atoms with Crippen molar-refractivity contribution in [2.24, 2.45) is 23.7 Å². The lowest BCUT2D eigenvalue weighted by Crippen LogP contribution is -2.70. The van der Waals surface area contributed by atoms with Crippen LogP contribution in [0.3, 0.4) is 0 Å². The van der Waals surface area contributed by atoms with Crippen molar-refractivity contribution >= 4 is 5.91 Å². The molecule has 192 valence electrons. The van der Waals surface area contributed by atoms with Gasteiger partial charge in [0.2, 0.25) is 12.1 Å². The van der Waals surface area contributed by atoms with E-state index in [-0.39, 0.29) is 17.7 Å². The van der Waals surface area contributed by atoms with Crippen LogP contribution in [-0.2, 0) is 25.8 Å². The third kappa shape index (κ3) is 4.02. The molecule has 1 N–H and O–H groups in total. The molecular formula is C29H35NO6. The van der Waals surface area contributed by atoms with Crippen molar-refractivity contribution in [2.45, 2.75) is 77.0 Å². The van der Waals surface area contributed by atoms with E-state index in [2.05, 4.69) is 19.2 Å². The standard InChI is InChI=1S/C29H35NO6/c1-18-9-14-24-19(2)26(33-27-29(24)23(18)15-16-28(3,34-27)35-36-29)32-22-12-10-21(11-13-22)25(31)30-17-20-7-5-4-6-8-20/h4-8,10-13,18-19,23-24,26-27H,9,14-17H2,1-3H3,(H,30,31)/t18-,19-,23?,24?,26+,27?,28+,29-/m1/s1. The number of benzene rings is 2. The van der Waals surface area contributed by atoms with Gasteiger partial charge in [-0.15, -0.1) is 0 Å². The number of hydrogen-bond donors (Lipinski definition) is 1. The fourth-order valence-corrected chi connectivity index (χ4v) is 6.71. The van der Waals surface area contributed by atoms with E-state index in [0.717, 1.165) is 31.2 Å². The van der Waals surface area contributed by atoms with Gasteiger partial charge < -0.3 is 19.5 Å². The first-order valence-corrected chi connectivity index (χ1v) is 13.2. The highest BCUT2D eigenvalue weighted by atomic mass is 17.3. The molecule has 1 saturated carbocycles. The van der Waals surface area contributed by atoms with E-state index >= 15 is 0 Å². The molecule has 0 aromatic heterocycles. The molecule has 3 unspecified atom stereocenters. The predicted molar refractivity (Wildman–Crippen MR) is 132 cm³/mol. The first kappa shape index (κ1) is 23.9. The number of ether oxygens (including phenoxy) is 3. The summed E-state index contributed by atoms with van der Waals surface area (Å²) in [7, 11) is 0. The van der Waals surface area contributed by atoms with Crippen LogP contribution in [0.4, 0.5) is 0 Å². The van der Waals surface area contributed by atoms with Gasteiger partial charge in [-0.1, -0.05) is 44.2 Å². The van der Waals surface area contributed by atoms with Crippen molar-refractivity contribution in [1.29, 1.82) is 0 Å². The van der Waals surface area contributed by atoms with Gasteiger partial charge in [-0.25, -0.2) is 9.78 Å². The van der Waals surface area contributed by atoms with E-state index in [9.17, 15) is 4.79 Å². The van der Waals surface area contributed by atoms with Crippen LogP contribution in [0.5, 0.6) is 5.75 Å². The van der Waals surface area contributed by atoms with E-state index in [1.54, 1.807) is 12.1 Å². The fraction of sp³-hybridized carbons (Fsp3) is 0.552. The molecular weight excluding hydrogens is 458 g/mol. The van der Waals surface area contributed by atoms with Gasteiger partial charge in [0.05, 0.1) is 0 Å². The highest BCUT2D eigenvalue weighted by Crippen LogP contribution is 2.60. The number of hydrogen-bond acceptors (Lipinski definition) is 6. The van der Waals surface area contributed by atoms with E-state index < -0.39 is 24.0 Å². The van der Waals surface area contributed by atoms with Gasteiger partial charge in [0, 0.05) is 30.4 Å². The molecule has 7 heteroatoms. The predicted octanol–water partition coefficient (Wildman–Crippen LogP) is 5.20. The van der Waals surface area contributed by atoms with Crippen LogP contribution in [0.15, 0.2) is 54.6 Å². The second-order valence-electron chi connectivity index (χ2n) is 11.1. The first-order chi connectivity index (χ1) is 17.4. The maximum Gasteiger partial charge on any atom is 0.251 e. The number of amides is 1. The second-order valence-corrected chi connectivity index (χ2v) is 11.1. The van der Waals surface area contributed by atoms with Crippen molar-refractivity contribution in [3.63, 3.8) is 0 Å². The van der Waals surface area contributed by atoms with Crippen LogP contribution in [0.25, 0.3) is 0 Å². The molecule has 7 nitrogen and oxygen atoms in total. The minimum atomic E-state index is -0.808. The average Bonchev–Trinajstić information content (AvgIpc) is 3.12. The summed E-state index contributed by atoms with van der Waals surface area (Å²) < 4.78 is 19.2. The summed E-state index contributed by atoms with van der Waals surface area (Å²) in [6, 6.07) is 17.1. The Morgan fingerprint density at radius 2 is 1.78 bits per heavy atom. The smallest absolute Gasteiger partial charge is 0.251 e. The maximum absolute atomic E-state index is 12.6. The quantitative estimate of drug-likeness (QED) is 0.577. The Kier molecular flexibility index (Phi) is 6.07. The molecule has 2 aromatic carbocycles. The number of rotatable bonds is 5. The summed E-state index contributed by atoms with van der Waals surface area (Å²) in [4.78, 5) is 24.7. The highest BCUT2D eigenvalue weighted by Gasteiger charge is 2.69. The Bertz CT molecular complexity index is 1090. The average molecular weight is 494 g/mol. The van der Waals surface area contributed by atoms with Gasteiger partial charge in [0.1, 0.15) is 5.75 Å². The summed E-state index contributed by atoms with van der Waals surface area (Å²) in [6.45, 7) is 6.89.